The average molecular weight is 322 g/mol. The van der Waals surface area contributed by atoms with Crippen molar-refractivity contribution in [2.75, 3.05) is 14.2 Å². The van der Waals surface area contributed by atoms with Gasteiger partial charge in [0.05, 0.1) is 13.2 Å². The first-order chi connectivity index (χ1) is 11.2. The van der Waals surface area contributed by atoms with Crippen molar-refractivity contribution in [1.82, 2.24) is 0 Å². The SMILES string of the molecule is CC=CCC=CC=CC(CCCCCCCCC(=O)OC)OC. The third kappa shape index (κ3) is 15.3. The number of hydrogen-bond donors (Lipinski definition) is 0. The molecule has 0 aromatic rings. The number of carbonyl (C=O) groups is 1. The maximum atomic E-state index is 11.0. The van der Waals surface area contributed by atoms with E-state index in [0.717, 1.165) is 25.7 Å². The summed E-state index contributed by atoms with van der Waals surface area (Å²) in [5.41, 5.74) is 0. The molecule has 1 unspecified atom stereocenters. The van der Waals surface area contributed by atoms with E-state index in [4.69, 9.17) is 4.74 Å². The zero-order valence-electron chi connectivity index (χ0n) is 15.1. The van der Waals surface area contributed by atoms with Crippen LogP contribution in [0.4, 0.5) is 0 Å². The van der Waals surface area contributed by atoms with Crippen LogP contribution in [0.2, 0.25) is 0 Å². The van der Waals surface area contributed by atoms with Crippen molar-refractivity contribution in [3.05, 3.63) is 36.5 Å². The standard InChI is InChI=1S/C20H34O3/c1-4-5-6-7-10-13-16-19(22-2)17-14-11-8-9-12-15-18-20(21)23-3/h4-5,7,10,13,16,19H,6,8-9,11-12,14-15,17-18H2,1-3H3. The van der Waals surface area contributed by atoms with Crippen LogP contribution in [0.5, 0.6) is 0 Å². The minimum atomic E-state index is -0.0977. The number of unbranched alkanes of at least 4 members (excludes halogenated alkanes) is 5. The van der Waals surface area contributed by atoms with E-state index in [1.807, 2.05) is 6.92 Å². The molecule has 0 aliphatic heterocycles. The van der Waals surface area contributed by atoms with Crippen LogP contribution < -0.4 is 0 Å². The Labute approximate surface area is 142 Å². The van der Waals surface area contributed by atoms with E-state index in [1.54, 1.807) is 7.11 Å². The Balaban J connectivity index is 3.58. The van der Waals surface area contributed by atoms with Crippen LogP contribution in [0.1, 0.15) is 64.7 Å². The molecule has 1 atom stereocenters. The van der Waals surface area contributed by atoms with Crippen molar-refractivity contribution in [2.45, 2.75) is 70.8 Å². The summed E-state index contributed by atoms with van der Waals surface area (Å²) in [6, 6.07) is 0. The third-order valence-corrected chi connectivity index (χ3v) is 3.73. The van der Waals surface area contributed by atoms with Gasteiger partial charge in [-0.05, 0) is 26.2 Å². The number of ether oxygens (including phenoxy) is 2. The molecule has 0 fully saturated rings. The van der Waals surface area contributed by atoms with E-state index in [9.17, 15) is 4.79 Å². The molecule has 0 aliphatic carbocycles. The zero-order chi connectivity index (χ0) is 17.2. The highest BCUT2D eigenvalue weighted by Gasteiger charge is 2.02. The molecular formula is C20H34O3. The molecule has 3 nitrogen and oxygen atoms in total. The first-order valence-electron chi connectivity index (χ1n) is 8.78. The van der Waals surface area contributed by atoms with E-state index in [-0.39, 0.29) is 12.1 Å². The van der Waals surface area contributed by atoms with Gasteiger partial charge in [0.2, 0.25) is 0 Å². The first-order valence-corrected chi connectivity index (χ1v) is 8.78. The Kier molecular flexibility index (Phi) is 16.0. The quantitative estimate of drug-likeness (QED) is 0.186. The molecule has 3 heteroatoms. The van der Waals surface area contributed by atoms with Gasteiger partial charge >= 0.3 is 5.97 Å². The largest absolute Gasteiger partial charge is 0.469 e. The molecule has 0 spiro atoms. The van der Waals surface area contributed by atoms with Gasteiger partial charge in [-0.2, -0.15) is 0 Å². The van der Waals surface area contributed by atoms with E-state index in [2.05, 4.69) is 41.2 Å². The smallest absolute Gasteiger partial charge is 0.305 e. The van der Waals surface area contributed by atoms with Gasteiger partial charge in [-0.15, -0.1) is 0 Å². The van der Waals surface area contributed by atoms with Gasteiger partial charge in [-0.25, -0.2) is 0 Å². The normalized spacial score (nSPS) is 13.3. The maximum absolute atomic E-state index is 11.0. The molecule has 0 N–H and O–H groups in total. The van der Waals surface area contributed by atoms with Crippen LogP contribution in [0.3, 0.4) is 0 Å². The van der Waals surface area contributed by atoms with Crippen LogP contribution in [-0.4, -0.2) is 26.3 Å². The Morgan fingerprint density at radius 2 is 1.65 bits per heavy atom. The highest BCUT2D eigenvalue weighted by molar-refractivity contribution is 5.68. The molecule has 23 heavy (non-hydrogen) atoms. The van der Waals surface area contributed by atoms with E-state index in [0.29, 0.717) is 6.42 Å². The average Bonchev–Trinajstić information content (AvgIpc) is 2.57. The van der Waals surface area contributed by atoms with Gasteiger partial charge in [0.15, 0.2) is 0 Å². The molecule has 0 aromatic heterocycles. The van der Waals surface area contributed by atoms with Gasteiger partial charge in [-0.1, -0.05) is 68.6 Å². The Morgan fingerprint density at radius 1 is 0.957 bits per heavy atom. The second-order valence-electron chi connectivity index (χ2n) is 5.63. The van der Waals surface area contributed by atoms with Gasteiger partial charge < -0.3 is 9.47 Å². The fourth-order valence-corrected chi connectivity index (χ4v) is 2.28. The van der Waals surface area contributed by atoms with Crippen LogP contribution in [-0.2, 0) is 14.3 Å². The topological polar surface area (TPSA) is 35.5 Å². The van der Waals surface area contributed by atoms with Gasteiger partial charge in [0, 0.05) is 13.5 Å². The van der Waals surface area contributed by atoms with Gasteiger partial charge in [-0.3, -0.25) is 4.79 Å². The summed E-state index contributed by atoms with van der Waals surface area (Å²) in [6.45, 7) is 2.03. The minimum Gasteiger partial charge on any atom is -0.469 e. The summed E-state index contributed by atoms with van der Waals surface area (Å²) in [4.78, 5) is 11.0. The summed E-state index contributed by atoms with van der Waals surface area (Å²) in [5.74, 6) is -0.0977. The van der Waals surface area contributed by atoms with Crippen LogP contribution in [0.25, 0.3) is 0 Å². The van der Waals surface area contributed by atoms with E-state index >= 15 is 0 Å². The summed E-state index contributed by atoms with van der Waals surface area (Å²) in [6.07, 6.45) is 22.3. The lowest BCUT2D eigenvalue weighted by molar-refractivity contribution is -0.140. The van der Waals surface area contributed by atoms with Crippen molar-refractivity contribution < 1.29 is 14.3 Å². The number of rotatable bonds is 14. The van der Waals surface area contributed by atoms with E-state index < -0.39 is 0 Å². The second kappa shape index (κ2) is 17.0. The Morgan fingerprint density at radius 3 is 2.30 bits per heavy atom. The van der Waals surface area contributed by atoms with Crippen LogP contribution >= 0.6 is 0 Å². The molecule has 0 heterocycles. The molecule has 0 bridgehead atoms. The molecule has 132 valence electrons. The van der Waals surface area contributed by atoms with Crippen molar-refractivity contribution >= 4 is 5.97 Å². The van der Waals surface area contributed by atoms with Gasteiger partial charge in [0.1, 0.15) is 0 Å². The maximum Gasteiger partial charge on any atom is 0.305 e. The number of allylic oxidation sites excluding steroid dienone is 5. The molecule has 0 radical (unpaired) electrons. The Hall–Kier alpha value is -1.35. The summed E-state index contributed by atoms with van der Waals surface area (Å²) in [7, 11) is 3.21. The predicted molar refractivity (Wildman–Crippen MR) is 97.5 cm³/mol. The number of methoxy groups -OCH3 is 2. The fourth-order valence-electron chi connectivity index (χ4n) is 2.28. The van der Waals surface area contributed by atoms with Crippen molar-refractivity contribution in [3.63, 3.8) is 0 Å². The number of carbonyl (C=O) groups excluding carboxylic acids is 1. The molecular weight excluding hydrogens is 288 g/mol. The zero-order valence-corrected chi connectivity index (χ0v) is 15.1. The summed E-state index contributed by atoms with van der Waals surface area (Å²) >= 11 is 0. The highest BCUT2D eigenvalue weighted by atomic mass is 16.5. The molecule has 0 saturated heterocycles. The molecule has 0 aromatic carbocycles. The highest BCUT2D eigenvalue weighted by Crippen LogP contribution is 2.12. The number of hydrogen-bond acceptors (Lipinski definition) is 3. The summed E-state index contributed by atoms with van der Waals surface area (Å²) in [5, 5.41) is 0. The van der Waals surface area contributed by atoms with E-state index in [1.165, 1.54) is 32.8 Å². The van der Waals surface area contributed by atoms with Crippen LogP contribution in [0.15, 0.2) is 36.5 Å². The van der Waals surface area contributed by atoms with Crippen LogP contribution in [0, 0.1) is 0 Å². The number of esters is 1. The fraction of sp³-hybridized carbons (Fsp3) is 0.650. The first kappa shape index (κ1) is 21.6. The lowest BCUT2D eigenvalue weighted by atomic mass is 10.1. The van der Waals surface area contributed by atoms with Crippen molar-refractivity contribution in [2.24, 2.45) is 0 Å². The predicted octanol–water partition coefficient (Wildman–Crippen LogP) is 5.37. The summed E-state index contributed by atoms with van der Waals surface area (Å²) < 4.78 is 10.1. The lowest BCUT2D eigenvalue weighted by Gasteiger charge is -2.10. The molecule has 0 rings (SSSR count). The lowest BCUT2D eigenvalue weighted by Crippen LogP contribution is -2.06. The Bertz CT molecular complexity index is 356. The van der Waals surface area contributed by atoms with Crippen molar-refractivity contribution in [1.29, 1.82) is 0 Å². The van der Waals surface area contributed by atoms with Crippen molar-refractivity contribution in [3.8, 4) is 0 Å². The second-order valence-corrected chi connectivity index (χ2v) is 5.63. The molecule has 0 aliphatic rings. The van der Waals surface area contributed by atoms with Gasteiger partial charge in [0.25, 0.3) is 0 Å². The molecule has 0 saturated carbocycles. The third-order valence-electron chi connectivity index (χ3n) is 3.73. The monoisotopic (exact) mass is 322 g/mol. The molecule has 0 amide bonds. The minimum absolute atomic E-state index is 0.0977.